The van der Waals surface area contributed by atoms with Gasteiger partial charge in [-0.05, 0) is 64.6 Å². The SMILES string of the molecule is CCCN1[C@@H]2CC[C@H]1CC(Oc1cc(F)ccc1C(=O)N1CC(N)=C(c3nc(C)c(Cl)c(C)n3)C1)C2. The van der Waals surface area contributed by atoms with Crippen LogP contribution in [0.3, 0.4) is 0 Å². The van der Waals surface area contributed by atoms with Crippen LogP contribution in [0.1, 0.15) is 66.6 Å². The number of hydrogen-bond donors (Lipinski definition) is 1. The lowest BCUT2D eigenvalue weighted by Gasteiger charge is -2.39. The highest BCUT2D eigenvalue weighted by molar-refractivity contribution is 6.31. The molecular formula is C27H33ClFN5O2. The zero-order valence-electron chi connectivity index (χ0n) is 21.1. The number of aryl methyl sites for hydroxylation is 2. The first-order chi connectivity index (χ1) is 17.2. The van der Waals surface area contributed by atoms with Gasteiger partial charge in [-0.2, -0.15) is 0 Å². The van der Waals surface area contributed by atoms with Crippen molar-refractivity contribution < 1.29 is 13.9 Å². The average Bonchev–Trinajstić information content (AvgIpc) is 3.33. The van der Waals surface area contributed by atoms with Gasteiger partial charge in [-0.3, -0.25) is 9.69 Å². The zero-order chi connectivity index (χ0) is 25.6. The van der Waals surface area contributed by atoms with E-state index in [0.717, 1.165) is 25.8 Å². The number of piperidine rings is 1. The van der Waals surface area contributed by atoms with Crippen molar-refractivity contribution >= 4 is 23.1 Å². The molecule has 3 atom stereocenters. The van der Waals surface area contributed by atoms with Gasteiger partial charge in [0.1, 0.15) is 17.7 Å². The summed E-state index contributed by atoms with van der Waals surface area (Å²) in [5, 5.41) is 0.519. The number of amides is 1. The topological polar surface area (TPSA) is 84.6 Å². The van der Waals surface area contributed by atoms with Crippen molar-refractivity contribution in [3.05, 3.63) is 57.5 Å². The molecule has 0 spiro atoms. The number of halogens is 2. The van der Waals surface area contributed by atoms with Gasteiger partial charge in [0.2, 0.25) is 0 Å². The van der Waals surface area contributed by atoms with E-state index in [1.807, 2.05) is 13.8 Å². The summed E-state index contributed by atoms with van der Waals surface area (Å²) < 4.78 is 20.6. The molecule has 5 rings (SSSR count). The molecule has 1 aromatic carbocycles. The van der Waals surface area contributed by atoms with Gasteiger partial charge in [0, 0.05) is 29.4 Å². The normalized spacial score (nSPS) is 24.0. The lowest BCUT2D eigenvalue weighted by molar-refractivity contribution is 0.0482. The number of carbonyl (C=O) groups excluding carboxylic acids is 1. The van der Waals surface area contributed by atoms with Crippen LogP contribution in [0, 0.1) is 19.7 Å². The molecule has 192 valence electrons. The molecule has 2 bridgehead atoms. The molecule has 4 heterocycles. The van der Waals surface area contributed by atoms with Gasteiger partial charge in [-0.1, -0.05) is 18.5 Å². The third-order valence-electron chi connectivity index (χ3n) is 7.63. The Morgan fingerprint density at radius 3 is 2.47 bits per heavy atom. The van der Waals surface area contributed by atoms with E-state index in [1.54, 1.807) is 4.90 Å². The number of nitrogens with zero attached hydrogens (tertiary/aromatic N) is 4. The van der Waals surface area contributed by atoms with Crippen LogP contribution < -0.4 is 10.5 Å². The summed E-state index contributed by atoms with van der Waals surface area (Å²) in [6.07, 6.45) is 5.25. The molecule has 0 radical (unpaired) electrons. The number of benzene rings is 1. The highest BCUT2D eigenvalue weighted by Gasteiger charge is 2.41. The van der Waals surface area contributed by atoms with Crippen LogP contribution >= 0.6 is 11.6 Å². The van der Waals surface area contributed by atoms with Crippen LogP contribution in [0.2, 0.25) is 5.02 Å². The predicted octanol–water partition coefficient (Wildman–Crippen LogP) is 4.50. The van der Waals surface area contributed by atoms with Gasteiger partial charge in [-0.15, -0.1) is 0 Å². The molecule has 3 aliphatic rings. The Hall–Kier alpha value is -2.71. The Kier molecular flexibility index (Phi) is 6.92. The van der Waals surface area contributed by atoms with E-state index >= 15 is 0 Å². The van der Waals surface area contributed by atoms with Crippen molar-refractivity contribution in [1.29, 1.82) is 0 Å². The van der Waals surface area contributed by atoms with Crippen molar-refractivity contribution in [3.8, 4) is 5.75 Å². The first-order valence-corrected chi connectivity index (χ1v) is 13.1. The fourth-order valence-electron chi connectivity index (χ4n) is 5.91. The number of fused-ring (bicyclic) bond motifs is 2. The first kappa shape index (κ1) is 25.0. The van der Waals surface area contributed by atoms with Gasteiger partial charge >= 0.3 is 0 Å². The maximum absolute atomic E-state index is 14.3. The van der Waals surface area contributed by atoms with Gasteiger partial charge < -0.3 is 15.4 Å². The van der Waals surface area contributed by atoms with Crippen molar-refractivity contribution in [3.63, 3.8) is 0 Å². The quantitative estimate of drug-likeness (QED) is 0.612. The van der Waals surface area contributed by atoms with E-state index < -0.39 is 5.82 Å². The van der Waals surface area contributed by atoms with Crippen molar-refractivity contribution in [1.82, 2.24) is 19.8 Å². The Morgan fingerprint density at radius 2 is 1.83 bits per heavy atom. The van der Waals surface area contributed by atoms with Crippen LogP contribution in [0.5, 0.6) is 5.75 Å². The number of hydrogen-bond acceptors (Lipinski definition) is 6. The summed E-state index contributed by atoms with van der Waals surface area (Å²) >= 11 is 6.22. The number of rotatable bonds is 6. The molecule has 3 aliphatic heterocycles. The molecular weight excluding hydrogens is 481 g/mol. The molecule has 2 fully saturated rings. The Balaban J connectivity index is 1.33. The molecule has 2 aromatic rings. The van der Waals surface area contributed by atoms with Crippen LogP contribution in [-0.4, -0.2) is 63.5 Å². The molecule has 1 amide bonds. The molecule has 36 heavy (non-hydrogen) atoms. The van der Waals surface area contributed by atoms with Crippen LogP contribution in [0.4, 0.5) is 4.39 Å². The summed E-state index contributed by atoms with van der Waals surface area (Å²) in [6.45, 7) is 7.45. The van der Waals surface area contributed by atoms with Crippen LogP contribution in [-0.2, 0) is 0 Å². The zero-order valence-corrected chi connectivity index (χ0v) is 21.8. The maximum Gasteiger partial charge on any atom is 0.258 e. The number of aromatic nitrogens is 2. The molecule has 1 unspecified atom stereocenters. The molecule has 9 heteroatoms. The number of carbonyl (C=O) groups is 1. The summed E-state index contributed by atoms with van der Waals surface area (Å²) in [4.78, 5) is 26.8. The third kappa shape index (κ3) is 4.68. The van der Waals surface area contributed by atoms with E-state index in [-0.39, 0.29) is 25.1 Å². The van der Waals surface area contributed by atoms with Gasteiger partial charge in [0.25, 0.3) is 5.91 Å². The molecule has 0 aliphatic carbocycles. The molecule has 0 saturated carbocycles. The summed E-state index contributed by atoms with van der Waals surface area (Å²) in [5.74, 6) is 0.104. The average molecular weight is 514 g/mol. The molecule has 2 saturated heterocycles. The number of nitrogens with two attached hydrogens (primary N) is 1. The van der Waals surface area contributed by atoms with Crippen molar-refractivity contribution in [2.45, 2.75) is 71.1 Å². The highest BCUT2D eigenvalue weighted by atomic mass is 35.5. The van der Waals surface area contributed by atoms with E-state index in [9.17, 15) is 9.18 Å². The molecule has 7 nitrogen and oxygen atoms in total. The van der Waals surface area contributed by atoms with Gasteiger partial charge in [0.05, 0.1) is 35.1 Å². The molecule has 1 aromatic heterocycles. The largest absolute Gasteiger partial charge is 0.489 e. The fourth-order valence-corrected chi connectivity index (χ4v) is 5.99. The van der Waals surface area contributed by atoms with E-state index in [4.69, 9.17) is 22.1 Å². The summed E-state index contributed by atoms with van der Waals surface area (Å²) in [7, 11) is 0. The second kappa shape index (κ2) is 9.98. The molecule has 2 N–H and O–H groups in total. The standard InChI is InChI=1S/C27H33ClFN5O2/c1-4-9-34-18-6-7-19(34)12-20(11-18)36-24-10-17(29)5-8-21(24)27(35)33-13-22(23(30)14-33)26-31-15(2)25(28)16(3)32-26/h5,8,10,18-20H,4,6-7,9,11-14,30H2,1-3H3/t18-,19+,20?. The monoisotopic (exact) mass is 513 g/mol. The predicted molar refractivity (Wildman–Crippen MR) is 137 cm³/mol. The van der Waals surface area contributed by atoms with Gasteiger partial charge in [0.15, 0.2) is 5.82 Å². The smallest absolute Gasteiger partial charge is 0.258 e. The highest BCUT2D eigenvalue weighted by Crippen LogP contribution is 2.38. The summed E-state index contributed by atoms with van der Waals surface area (Å²) in [6, 6.07) is 5.14. The second-order valence-corrected chi connectivity index (χ2v) is 10.5. The van der Waals surface area contributed by atoms with Crippen LogP contribution in [0.15, 0.2) is 23.9 Å². The number of ether oxygens (including phenoxy) is 1. The minimum Gasteiger partial charge on any atom is -0.489 e. The lowest BCUT2D eigenvalue weighted by Crippen LogP contribution is -2.46. The van der Waals surface area contributed by atoms with E-state index in [2.05, 4.69) is 21.8 Å². The summed E-state index contributed by atoms with van der Waals surface area (Å²) in [5.41, 5.74) is 9.23. The Bertz CT molecular complexity index is 1180. The minimum atomic E-state index is -0.423. The minimum absolute atomic E-state index is 0.0327. The third-order valence-corrected chi connectivity index (χ3v) is 8.18. The first-order valence-electron chi connectivity index (χ1n) is 12.7. The fraction of sp³-hybridized carbons (Fsp3) is 0.519. The second-order valence-electron chi connectivity index (χ2n) is 10.2. The maximum atomic E-state index is 14.3. The van der Waals surface area contributed by atoms with Gasteiger partial charge in [-0.25, -0.2) is 14.4 Å². The van der Waals surface area contributed by atoms with Crippen molar-refractivity contribution in [2.24, 2.45) is 5.73 Å². The van der Waals surface area contributed by atoms with Crippen molar-refractivity contribution in [2.75, 3.05) is 19.6 Å². The van der Waals surface area contributed by atoms with E-state index in [0.29, 0.717) is 56.9 Å². The van der Waals surface area contributed by atoms with Crippen LogP contribution in [0.25, 0.3) is 5.57 Å². The Labute approximate surface area is 216 Å². The Morgan fingerprint density at radius 1 is 1.17 bits per heavy atom. The van der Waals surface area contributed by atoms with E-state index in [1.165, 1.54) is 31.0 Å². The lowest BCUT2D eigenvalue weighted by atomic mass is 9.99.